The molecule has 2 heterocycles. The van der Waals surface area contributed by atoms with E-state index in [4.69, 9.17) is 14.2 Å². The fourth-order valence-electron chi connectivity index (χ4n) is 3.95. The highest BCUT2D eigenvalue weighted by Gasteiger charge is 2.23. The summed E-state index contributed by atoms with van der Waals surface area (Å²) in [5.74, 6) is 1.01. The van der Waals surface area contributed by atoms with Crippen LogP contribution >= 0.6 is 0 Å². The number of ether oxygens (including phenoxy) is 3. The van der Waals surface area contributed by atoms with E-state index in [2.05, 4.69) is 15.1 Å². The summed E-state index contributed by atoms with van der Waals surface area (Å²) in [7, 11) is 1.57. The molecule has 2 aliphatic rings. The van der Waals surface area contributed by atoms with Gasteiger partial charge >= 0.3 is 0 Å². The maximum atomic E-state index is 13.6. The molecule has 0 radical (unpaired) electrons. The standard InChI is InChI=1S/C23H26FN3O5/c1-15(28)18-10-21-22(32-14-31-21)11-19(18)25-23(29)13-27-7-5-26(6-8-27)12-16-9-17(24)3-4-20(16)30-2/h3-4,9-11H,5-8,12-14H2,1-2H3,(H,25,29). The molecule has 170 valence electrons. The van der Waals surface area contributed by atoms with Gasteiger partial charge in [0.05, 0.1) is 19.3 Å². The summed E-state index contributed by atoms with van der Waals surface area (Å²) >= 11 is 0. The third-order valence-electron chi connectivity index (χ3n) is 5.63. The van der Waals surface area contributed by atoms with Crippen molar-refractivity contribution in [3.63, 3.8) is 0 Å². The van der Waals surface area contributed by atoms with Crippen molar-refractivity contribution in [3.05, 3.63) is 47.3 Å². The number of rotatable bonds is 7. The number of carbonyl (C=O) groups is 2. The summed E-state index contributed by atoms with van der Waals surface area (Å²) in [5, 5.41) is 2.83. The van der Waals surface area contributed by atoms with Crippen molar-refractivity contribution in [1.29, 1.82) is 0 Å². The van der Waals surface area contributed by atoms with Gasteiger partial charge in [0, 0.05) is 49.9 Å². The molecule has 2 aromatic rings. The number of hydrogen-bond acceptors (Lipinski definition) is 7. The van der Waals surface area contributed by atoms with Gasteiger partial charge in [-0.25, -0.2) is 4.39 Å². The van der Waals surface area contributed by atoms with E-state index >= 15 is 0 Å². The minimum Gasteiger partial charge on any atom is -0.496 e. The number of halogens is 1. The van der Waals surface area contributed by atoms with Gasteiger partial charge in [-0.1, -0.05) is 0 Å². The Morgan fingerprint density at radius 1 is 1.06 bits per heavy atom. The Kier molecular flexibility index (Phi) is 6.57. The highest BCUT2D eigenvalue weighted by Crippen LogP contribution is 2.37. The lowest BCUT2D eigenvalue weighted by Gasteiger charge is -2.34. The van der Waals surface area contributed by atoms with Crippen molar-refractivity contribution in [2.75, 3.05) is 51.9 Å². The van der Waals surface area contributed by atoms with Crippen LogP contribution in [0.4, 0.5) is 10.1 Å². The van der Waals surface area contributed by atoms with Crippen LogP contribution in [0.3, 0.4) is 0 Å². The van der Waals surface area contributed by atoms with E-state index in [0.717, 1.165) is 18.7 Å². The number of amides is 1. The predicted molar refractivity (Wildman–Crippen MR) is 116 cm³/mol. The number of hydrogen-bond donors (Lipinski definition) is 1. The molecule has 2 aliphatic heterocycles. The van der Waals surface area contributed by atoms with E-state index in [1.165, 1.54) is 19.1 Å². The Hall–Kier alpha value is -3.17. The summed E-state index contributed by atoms with van der Waals surface area (Å²) in [6.07, 6.45) is 0. The van der Waals surface area contributed by atoms with Crippen molar-refractivity contribution >= 4 is 17.4 Å². The summed E-state index contributed by atoms with van der Waals surface area (Å²) in [4.78, 5) is 28.9. The second-order valence-corrected chi connectivity index (χ2v) is 7.86. The van der Waals surface area contributed by atoms with Gasteiger partial charge in [0.1, 0.15) is 11.6 Å². The minimum absolute atomic E-state index is 0.0931. The SMILES string of the molecule is COc1ccc(F)cc1CN1CCN(CC(=O)Nc2cc3c(cc2C(C)=O)OCO3)CC1. The zero-order valence-electron chi connectivity index (χ0n) is 18.2. The van der Waals surface area contributed by atoms with Crippen molar-refractivity contribution in [2.45, 2.75) is 13.5 Å². The largest absolute Gasteiger partial charge is 0.496 e. The fraction of sp³-hybridized carbons (Fsp3) is 0.391. The Morgan fingerprint density at radius 2 is 1.75 bits per heavy atom. The molecule has 9 heteroatoms. The first kappa shape index (κ1) is 22.0. The smallest absolute Gasteiger partial charge is 0.238 e. The maximum Gasteiger partial charge on any atom is 0.238 e. The van der Waals surface area contributed by atoms with Crippen molar-refractivity contribution < 1.29 is 28.2 Å². The number of ketones is 1. The number of Topliss-reactive ketones (excluding diaryl/α,β-unsaturated/α-hetero) is 1. The average molecular weight is 443 g/mol. The number of nitrogens with one attached hydrogen (secondary N) is 1. The zero-order chi connectivity index (χ0) is 22.7. The number of piperazine rings is 1. The Morgan fingerprint density at radius 3 is 2.44 bits per heavy atom. The van der Waals surface area contributed by atoms with E-state index in [1.807, 2.05) is 0 Å². The predicted octanol–water partition coefficient (Wildman–Crippen LogP) is 2.52. The fourth-order valence-corrected chi connectivity index (χ4v) is 3.95. The molecule has 1 N–H and O–H groups in total. The molecule has 4 rings (SSSR count). The van der Waals surface area contributed by atoms with Crippen LogP contribution in [0.5, 0.6) is 17.2 Å². The van der Waals surface area contributed by atoms with Crippen LogP contribution in [-0.4, -0.2) is 68.1 Å². The van der Waals surface area contributed by atoms with Gasteiger partial charge in [0.25, 0.3) is 0 Å². The van der Waals surface area contributed by atoms with Crippen LogP contribution in [0.1, 0.15) is 22.8 Å². The molecule has 0 spiro atoms. The number of fused-ring (bicyclic) bond motifs is 1. The first-order valence-corrected chi connectivity index (χ1v) is 10.4. The van der Waals surface area contributed by atoms with Crippen LogP contribution in [0.15, 0.2) is 30.3 Å². The molecule has 1 fully saturated rings. The molecule has 8 nitrogen and oxygen atoms in total. The number of nitrogens with zero attached hydrogens (tertiary/aromatic N) is 2. The van der Waals surface area contributed by atoms with Crippen molar-refractivity contribution in [1.82, 2.24) is 9.80 Å². The third kappa shape index (κ3) is 5.00. The molecule has 0 saturated carbocycles. The summed E-state index contributed by atoms with van der Waals surface area (Å²) in [6.45, 7) is 5.22. The second-order valence-electron chi connectivity index (χ2n) is 7.86. The lowest BCUT2D eigenvalue weighted by molar-refractivity contribution is -0.117. The summed E-state index contributed by atoms with van der Waals surface area (Å²) in [5.41, 5.74) is 1.61. The molecular weight excluding hydrogens is 417 g/mol. The minimum atomic E-state index is -0.287. The molecule has 0 bridgehead atoms. The van der Waals surface area contributed by atoms with E-state index in [-0.39, 0.29) is 30.8 Å². The van der Waals surface area contributed by atoms with E-state index in [0.29, 0.717) is 48.1 Å². The van der Waals surface area contributed by atoms with E-state index in [1.54, 1.807) is 25.3 Å². The van der Waals surface area contributed by atoms with E-state index < -0.39 is 0 Å². The lowest BCUT2D eigenvalue weighted by atomic mass is 10.1. The van der Waals surface area contributed by atoms with Gasteiger partial charge < -0.3 is 19.5 Å². The molecule has 1 saturated heterocycles. The average Bonchev–Trinajstić information content (AvgIpc) is 3.22. The number of carbonyl (C=O) groups excluding carboxylic acids is 2. The first-order valence-electron chi connectivity index (χ1n) is 10.4. The zero-order valence-corrected chi connectivity index (χ0v) is 18.2. The molecule has 0 atom stereocenters. The van der Waals surface area contributed by atoms with Gasteiger partial charge in [0.15, 0.2) is 17.3 Å². The molecule has 0 unspecified atom stereocenters. The maximum absolute atomic E-state index is 13.6. The topological polar surface area (TPSA) is 80.3 Å². The van der Waals surface area contributed by atoms with Crippen molar-refractivity contribution in [2.24, 2.45) is 0 Å². The van der Waals surface area contributed by atoms with Crippen LogP contribution in [0, 0.1) is 5.82 Å². The Balaban J connectivity index is 1.32. The highest BCUT2D eigenvalue weighted by molar-refractivity contribution is 6.05. The molecule has 0 aliphatic carbocycles. The molecule has 0 aromatic heterocycles. The number of benzene rings is 2. The first-order chi connectivity index (χ1) is 15.4. The molecular formula is C23H26FN3O5. The normalized spacial score (nSPS) is 16.1. The monoisotopic (exact) mass is 443 g/mol. The summed E-state index contributed by atoms with van der Waals surface area (Å²) in [6, 6.07) is 7.74. The van der Waals surface area contributed by atoms with Gasteiger partial charge in [-0.15, -0.1) is 0 Å². The molecule has 2 aromatic carbocycles. The number of anilines is 1. The van der Waals surface area contributed by atoms with Gasteiger partial charge in [0.2, 0.25) is 12.7 Å². The van der Waals surface area contributed by atoms with Crippen LogP contribution in [0.2, 0.25) is 0 Å². The Bertz CT molecular complexity index is 1020. The van der Waals surface area contributed by atoms with Crippen LogP contribution in [-0.2, 0) is 11.3 Å². The quantitative estimate of drug-likeness (QED) is 0.659. The van der Waals surface area contributed by atoms with Crippen LogP contribution < -0.4 is 19.5 Å². The molecule has 1 amide bonds. The summed E-state index contributed by atoms with van der Waals surface area (Å²) < 4.78 is 29.6. The van der Waals surface area contributed by atoms with E-state index in [9.17, 15) is 14.0 Å². The third-order valence-corrected chi connectivity index (χ3v) is 5.63. The second kappa shape index (κ2) is 9.54. The van der Waals surface area contributed by atoms with Gasteiger partial charge in [-0.3, -0.25) is 19.4 Å². The van der Waals surface area contributed by atoms with Crippen molar-refractivity contribution in [3.8, 4) is 17.2 Å². The van der Waals surface area contributed by atoms with Gasteiger partial charge in [-0.2, -0.15) is 0 Å². The number of methoxy groups -OCH3 is 1. The van der Waals surface area contributed by atoms with Crippen LogP contribution in [0.25, 0.3) is 0 Å². The highest BCUT2D eigenvalue weighted by atomic mass is 19.1. The van der Waals surface area contributed by atoms with Gasteiger partial charge in [-0.05, 0) is 31.2 Å². The Labute approximate surface area is 185 Å². The molecule has 32 heavy (non-hydrogen) atoms. The lowest BCUT2D eigenvalue weighted by Crippen LogP contribution is -2.48.